The molecule has 6 heteroatoms. The quantitative estimate of drug-likeness (QED) is 0.758. The number of nitrogens with zero attached hydrogens (tertiary/aromatic N) is 1. The van der Waals surface area contributed by atoms with E-state index >= 15 is 0 Å². The van der Waals surface area contributed by atoms with Gasteiger partial charge in [-0.15, -0.1) is 0 Å². The number of benzene rings is 1. The highest BCUT2D eigenvalue weighted by molar-refractivity contribution is 7.93. The molecule has 0 saturated carbocycles. The van der Waals surface area contributed by atoms with Crippen molar-refractivity contribution in [2.75, 3.05) is 16.6 Å². The number of carbonyl (C=O) groups is 1. The van der Waals surface area contributed by atoms with E-state index in [1.165, 1.54) is 16.4 Å². The first-order valence-corrected chi connectivity index (χ1v) is 6.80. The van der Waals surface area contributed by atoms with E-state index in [4.69, 9.17) is 11.6 Å². The molecular weight excluding hydrogens is 250 g/mol. The highest BCUT2D eigenvalue weighted by atomic mass is 35.5. The zero-order chi connectivity index (χ0) is 11.8. The van der Waals surface area contributed by atoms with Crippen LogP contribution in [-0.2, 0) is 10.0 Å². The van der Waals surface area contributed by atoms with E-state index in [1.54, 1.807) is 12.1 Å². The molecule has 2 rings (SSSR count). The van der Waals surface area contributed by atoms with Gasteiger partial charge in [0.05, 0.1) is 11.4 Å². The lowest BCUT2D eigenvalue weighted by Crippen LogP contribution is -2.24. The van der Waals surface area contributed by atoms with Gasteiger partial charge in [0.1, 0.15) is 0 Å². The van der Waals surface area contributed by atoms with Crippen molar-refractivity contribution in [1.82, 2.24) is 0 Å². The summed E-state index contributed by atoms with van der Waals surface area (Å²) in [4.78, 5) is 10.8. The van der Waals surface area contributed by atoms with E-state index in [9.17, 15) is 13.2 Å². The minimum Gasteiger partial charge on any atom is -0.276 e. The summed E-state index contributed by atoms with van der Waals surface area (Å²) in [5, 5.41) is -0.546. The van der Waals surface area contributed by atoms with Crippen LogP contribution >= 0.6 is 11.6 Å². The maximum Gasteiger partial charge on any atom is 0.252 e. The van der Waals surface area contributed by atoms with Gasteiger partial charge in [0.25, 0.3) is 5.24 Å². The van der Waals surface area contributed by atoms with Crippen LogP contribution in [0.5, 0.6) is 0 Å². The van der Waals surface area contributed by atoms with Gasteiger partial charge in [-0.2, -0.15) is 0 Å². The van der Waals surface area contributed by atoms with Crippen LogP contribution in [0.15, 0.2) is 24.3 Å². The number of hydrogen-bond acceptors (Lipinski definition) is 3. The average Bonchev–Trinajstić information content (AvgIpc) is 2.58. The summed E-state index contributed by atoms with van der Waals surface area (Å²) in [6, 6.07) is 6.24. The smallest absolute Gasteiger partial charge is 0.252 e. The van der Waals surface area contributed by atoms with Crippen molar-refractivity contribution in [3.63, 3.8) is 0 Å². The summed E-state index contributed by atoms with van der Waals surface area (Å²) in [5.74, 6) is 0.184. The van der Waals surface area contributed by atoms with Crippen LogP contribution in [0, 0.1) is 0 Å². The van der Waals surface area contributed by atoms with Crippen LogP contribution in [-0.4, -0.2) is 26.0 Å². The molecule has 0 amide bonds. The molecule has 0 aliphatic carbocycles. The molecule has 0 aromatic heterocycles. The molecule has 1 saturated heterocycles. The molecule has 1 fully saturated rings. The van der Waals surface area contributed by atoms with Gasteiger partial charge in [-0.3, -0.25) is 9.10 Å². The molecule has 0 N–H and O–H groups in total. The van der Waals surface area contributed by atoms with E-state index in [0.29, 0.717) is 24.2 Å². The van der Waals surface area contributed by atoms with Crippen molar-refractivity contribution in [2.24, 2.45) is 0 Å². The normalized spacial score (nSPS) is 18.7. The summed E-state index contributed by atoms with van der Waals surface area (Å²) in [6.45, 7) is 0.497. The van der Waals surface area contributed by atoms with E-state index < -0.39 is 15.3 Å². The zero-order valence-corrected chi connectivity index (χ0v) is 9.96. The van der Waals surface area contributed by atoms with Gasteiger partial charge in [-0.05, 0) is 42.3 Å². The van der Waals surface area contributed by atoms with Gasteiger partial charge in [0.15, 0.2) is 0 Å². The molecule has 1 aromatic rings. The lowest BCUT2D eigenvalue weighted by Gasteiger charge is -2.16. The number of halogens is 1. The predicted octanol–water partition coefficient (Wildman–Crippen LogP) is 1.61. The Hall–Kier alpha value is -1.07. The summed E-state index contributed by atoms with van der Waals surface area (Å²) in [5.41, 5.74) is 0.946. The predicted molar refractivity (Wildman–Crippen MR) is 62.4 cm³/mol. The Kier molecular flexibility index (Phi) is 2.90. The van der Waals surface area contributed by atoms with E-state index in [2.05, 4.69) is 0 Å². The number of sulfonamides is 1. The Labute approximate surface area is 98.9 Å². The highest BCUT2D eigenvalue weighted by Crippen LogP contribution is 2.24. The van der Waals surface area contributed by atoms with E-state index in [0.717, 1.165) is 0 Å². The number of hydrogen-bond donors (Lipinski definition) is 0. The van der Waals surface area contributed by atoms with Gasteiger partial charge in [-0.25, -0.2) is 8.42 Å². The summed E-state index contributed by atoms with van der Waals surface area (Å²) >= 11 is 5.30. The molecule has 0 unspecified atom stereocenters. The standard InChI is InChI=1S/C10H10ClNO3S/c11-10(13)8-2-4-9(5-3-8)12-6-1-7-16(12,14)15/h2-5H,1,6-7H2. The second kappa shape index (κ2) is 4.07. The Morgan fingerprint density at radius 2 is 1.88 bits per heavy atom. The topological polar surface area (TPSA) is 54.5 Å². The molecule has 0 atom stereocenters. The molecular formula is C10H10ClNO3S. The van der Waals surface area contributed by atoms with Gasteiger partial charge >= 0.3 is 0 Å². The van der Waals surface area contributed by atoms with Gasteiger partial charge in [-0.1, -0.05) is 0 Å². The molecule has 1 aliphatic rings. The first kappa shape index (κ1) is 11.4. The van der Waals surface area contributed by atoms with Gasteiger partial charge in [0, 0.05) is 12.1 Å². The fourth-order valence-corrected chi connectivity index (χ4v) is 3.38. The van der Waals surface area contributed by atoms with Crippen molar-refractivity contribution >= 4 is 32.6 Å². The first-order chi connectivity index (χ1) is 7.50. The Balaban J connectivity index is 2.32. The third-order valence-corrected chi connectivity index (χ3v) is 4.57. The Morgan fingerprint density at radius 1 is 1.25 bits per heavy atom. The molecule has 86 valence electrons. The molecule has 1 aromatic carbocycles. The molecule has 0 radical (unpaired) electrons. The van der Waals surface area contributed by atoms with Crippen molar-refractivity contribution < 1.29 is 13.2 Å². The second-order valence-corrected chi connectivity index (χ2v) is 5.92. The van der Waals surface area contributed by atoms with Crippen molar-refractivity contribution in [2.45, 2.75) is 6.42 Å². The fourth-order valence-electron chi connectivity index (χ4n) is 1.69. The lowest BCUT2D eigenvalue weighted by atomic mass is 10.2. The molecule has 0 bridgehead atoms. The van der Waals surface area contributed by atoms with E-state index in [1.807, 2.05) is 0 Å². The highest BCUT2D eigenvalue weighted by Gasteiger charge is 2.28. The Bertz CT molecular complexity index is 509. The van der Waals surface area contributed by atoms with Crippen LogP contribution in [0.3, 0.4) is 0 Å². The monoisotopic (exact) mass is 259 g/mol. The maximum absolute atomic E-state index is 11.6. The van der Waals surface area contributed by atoms with Gasteiger partial charge in [0.2, 0.25) is 10.0 Å². The minimum absolute atomic E-state index is 0.184. The number of carbonyl (C=O) groups excluding carboxylic acids is 1. The third-order valence-electron chi connectivity index (χ3n) is 2.48. The lowest BCUT2D eigenvalue weighted by molar-refractivity contribution is 0.108. The van der Waals surface area contributed by atoms with Crippen molar-refractivity contribution in [1.29, 1.82) is 0 Å². The van der Waals surface area contributed by atoms with Crippen molar-refractivity contribution in [3.05, 3.63) is 29.8 Å². The molecule has 16 heavy (non-hydrogen) atoms. The first-order valence-electron chi connectivity index (χ1n) is 4.81. The fraction of sp³-hybridized carbons (Fsp3) is 0.300. The zero-order valence-electron chi connectivity index (χ0n) is 8.39. The SMILES string of the molecule is O=C(Cl)c1ccc(N2CCCS2(=O)=O)cc1. The maximum atomic E-state index is 11.6. The molecule has 1 aliphatic heterocycles. The third kappa shape index (κ3) is 2.05. The largest absolute Gasteiger partial charge is 0.276 e. The summed E-state index contributed by atoms with van der Waals surface area (Å²) < 4.78 is 24.6. The average molecular weight is 260 g/mol. The number of anilines is 1. The number of rotatable bonds is 2. The van der Waals surface area contributed by atoms with Crippen LogP contribution in [0.2, 0.25) is 0 Å². The van der Waals surface area contributed by atoms with E-state index in [-0.39, 0.29) is 5.75 Å². The Morgan fingerprint density at radius 3 is 2.31 bits per heavy atom. The second-order valence-electron chi connectivity index (χ2n) is 3.56. The molecule has 4 nitrogen and oxygen atoms in total. The summed E-state index contributed by atoms with van der Waals surface area (Å²) in [6.07, 6.45) is 0.637. The van der Waals surface area contributed by atoms with Crippen LogP contribution in [0.1, 0.15) is 16.8 Å². The van der Waals surface area contributed by atoms with Gasteiger partial charge < -0.3 is 0 Å². The van der Waals surface area contributed by atoms with Crippen molar-refractivity contribution in [3.8, 4) is 0 Å². The minimum atomic E-state index is -3.16. The van der Waals surface area contributed by atoms with Crippen LogP contribution in [0.4, 0.5) is 5.69 Å². The summed E-state index contributed by atoms with van der Waals surface area (Å²) in [7, 11) is -3.16. The molecule has 1 heterocycles. The van der Waals surface area contributed by atoms with Crippen LogP contribution in [0.25, 0.3) is 0 Å². The van der Waals surface area contributed by atoms with Crippen LogP contribution < -0.4 is 4.31 Å². The molecule has 0 spiro atoms.